The number of aliphatic hydroxyl groups is 1. The van der Waals surface area contributed by atoms with Crippen molar-refractivity contribution in [2.24, 2.45) is 5.73 Å². The number of aliphatic hydroxyl groups excluding tert-OH is 1. The topological polar surface area (TPSA) is 63.3 Å². The van der Waals surface area contributed by atoms with E-state index in [1.165, 1.54) is 0 Å². The van der Waals surface area contributed by atoms with Gasteiger partial charge in [0.15, 0.2) is 0 Å². The molecule has 3 nitrogen and oxygen atoms in total. The summed E-state index contributed by atoms with van der Waals surface area (Å²) in [6, 6.07) is 8.40. The number of hydrogen-bond donors (Lipinski definition) is 2. The van der Waals surface area contributed by atoms with Crippen LogP contribution in [-0.2, 0) is 4.79 Å². The van der Waals surface area contributed by atoms with Gasteiger partial charge in [0, 0.05) is 0 Å². The zero-order valence-corrected chi connectivity index (χ0v) is 6.55. The van der Waals surface area contributed by atoms with Crippen LogP contribution >= 0.6 is 0 Å². The molecule has 0 amide bonds. The molecule has 0 saturated carbocycles. The van der Waals surface area contributed by atoms with Crippen LogP contribution < -0.4 is 5.73 Å². The fourth-order valence-corrected chi connectivity index (χ4v) is 0.957. The molecule has 3 N–H and O–H groups in total. The van der Waals surface area contributed by atoms with E-state index >= 15 is 0 Å². The van der Waals surface area contributed by atoms with Gasteiger partial charge in [-0.3, -0.25) is 0 Å². The zero-order chi connectivity index (χ0) is 8.97. The predicted molar refractivity (Wildman–Crippen MR) is 45.4 cm³/mol. The van der Waals surface area contributed by atoms with E-state index in [2.05, 4.69) is 0 Å². The van der Waals surface area contributed by atoms with Gasteiger partial charge in [0.1, 0.15) is 12.4 Å². The van der Waals surface area contributed by atoms with Crippen LogP contribution in [0, 0.1) is 0 Å². The fourth-order valence-electron chi connectivity index (χ4n) is 0.957. The smallest absolute Gasteiger partial charge is 0.150 e. The van der Waals surface area contributed by atoms with Crippen molar-refractivity contribution >= 4 is 6.29 Å². The van der Waals surface area contributed by atoms with Gasteiger partial charge < -0.3 is 15.6 Å². The van der Waals surface area contributed by atoms with Crippen molar-refractivity contribution in [3.05, 3.63) is 35.9 Å². The third-order valence-corrected chi connectivity index (χ3v) is 1.69. The average Bonchev–Trinajstić information content (AvgIpc) is 2.17. The molecule has 0 unspecified atom stereocenters. The molecule has 1 rings (SSSR count). The number of carbonyl (C=O) groups is 1. The molecule has 0 radical (unpaired) electrons. The lowest BCUT2D eigenvalue weighted by atomic mass is 10.0. The second kappa shape index (κ2) is 3.99. The second-order valence-corrected chi connectivity index (χ2v) is 2.56. The number of hydrogen-bond acceptors (Lipinski definition) is 3. The maximum absolute atomic E-state index is 10.2. The highest BCUT2D eigenvalue weighted by Gasteiger charge is 2.14. The number of benzene rings is 1. The van der Waals surface area contributed by atoms with Gasteiger partial charge in [-0.1, -0.05) is 30.3 Å². The highest BCUT2D eigenvalue weighted by molar-refractivity contribution is 5.57. The standard InChI is InChI=1S/C9H11NO2/c10-9(8(12)6-11)7-4-2-1-3-5-7/h1-6,8-9,12H,10H2/t8-,9+/m0/s1. The Hall–Kier alpha value is -1.19. The first-order chi connectivity index (χ1) is 5.75. The van der Waals surface area contributed by atoms with E-state index in [1.807, 2.05) is 18.2 Å². The SMILES string of the molecule is N[C@H](c1ccccc1)[C@@H](O)C=O. The summed E-state index contributed by atoms with van der Waals surface area (Å²) in [5, 5.41) is 9.09. The lowest BCUT2D eigenvalue weighted by molar-refractivity contribution is -0.115. The normalized spacial score (nSPS) is 15.2. The van der Waals surface area contributed by atoms with Gasteiger partial charge in [0.05, 0.1) is 6.04 Å². The molecule has 0 saturated heterocycles. The molecule has 3 heteroatoms. The molecule has 0 aromatic heterocycles. The molecule has 0 spiro atoms. The summed E-state index contributed by atoms with van der Waals surface area (Å²) >= 11 is 0. The Morgan fingerprint density at radius 2 is 1.92 bits per heavy atom. The molecule has 0 heterocycles. The Labute approximate surface area is 70.8 Å². The fraction of sp³-hybridized carbons (Fsp3) is 0.222. The minimum absolute atomic E-state index is 0.442. The van der Waals surface area contributed by atoms with E-state index in [9.17, 15) is 4.79 Å². The van der Waals surface area contributed by atoms with E-state index in [0.717, 1.165) is 5.56 Å². The second-order valence-electron chi connectivity index (χ2n) is 2.56. The summed E-state index contributed by atoms with van der Waals surface area (Å²) in [4.78, 5) is 10.2. The minimum Gasteiger partial charge on any atom is -0.384 e. The molecular formula is C9H11NO2. The van der Waals surface area contributed by atoms with Crippen molar-refractivity contribution in [2.75, 3.05) is 0 Å². The summed E-state index contributed by atoms with van der Waals surface area (Å²) in [6.07, 6.45) is -0.676. The number of carbonyl (C=O) groups excluding carboxylic acids is 1. The maximum Gasteiger partial charge on any atom is 0.150 e. The van der Waals surface area contributed by atoms with E-state index in [-0.39, 0.29) is 0 Å². The maximum atomic E-state index is 10.2. The highest BCUT2D eigenvalue weighted by Crippen LogP contribution is 2.11. The van der Waals surface area contributed by atoms with Crippen molar-refractivity contribution < 1.29 is 9.90 Å². The van der Waals surface area contributed by atoms with Crippen molar-refractivity contribution in [1.82, 2.24) is 0 Å². The first-order valence-corrected chi connectivity index (χ1v) is 3.69. The molecule has 1 aromatic rings. The van der Waals surface area contributed by atoms with Crippen molar-refractivity contribution in [1.29, 1.82) is 0 Å². The van der Waals surface area contributed by atoms with Crippen LogP contribution in [0.4, 0.5) is 0 Å². The van der Waals surface area contributed by atoms with Crippen LogP contribution in [0.1, 0.15) is 11.6 Å². The highest BCUT2D eigenvalue weighted by atomic mass is 16.3. The quantitative estimate of drug-likeness (QED) is 0.631. The van der Waals surface area contributed by atoms with Crippen LogP contribution in [0.2, 0.25) is 0 Å². The Morgan fingerprint density at radius 3 is 2.42 bits per heavy atom. The zero-order valence-electron chi connectivity index (χ0n) is 6.55. The lowest BCUT2D eigenvalue weighted by Crippen LogP contribution is -2.27. The Bertz CT molecular complexity index is 248. The van der Waals surface area contributed by atoms with Crippen LogP contribution in [0.3, 0.4) is 0 Å². The molecule has 0 aliphatic rings. The molecule has 0 fully saturated rings. The molecule has 2 atom stereocenters. The van der Waals surface area contributed by atoms with Crippen molar-refractivity contribution in [3.63, 3.8) is 0 Å². The van der Waals surface area contributed by atoms with Gasteiger partial charge in [-0.05, 0) is 5.56 Å². The van der Waals surface area contributed by atoms with Crippen molar-refractivity contribution in [2.45, 2.75) is 12.1 Å². The van der Waals surface area contributed by atoms with Gasteiger partial charge >= 0.3 is 0 Å². The summed E-state index contributed by atoms with van der Waals surface area (Å²) in [5.41, 5.74) is 6.33. The van der Waals surface area contributed by atoms with E-state index in [4.69, 9.17) is 10.8 Å². The largest absolute Gasteiger partial charge is 0.384 e. The van der Waals surface area contributed by atoms with Crippen molar-refractivity contribution in [3.8, 4) is 0 Å². The number of rotatable bonds is 3. The van der Waals surface area contributed by atoms with Crippen LogP contribution in [0.15, 0.2) is 30.3 Å². The number of nitrogens with two attached hydrogens (primary N) is 1. The molecule has 0 aliphatic heterocycles. The van der Waals surface area contributed by atoms with Crippen LogP contribution in [-0.4, -0.2) is 17.5 Å². The molecule has 1 aromatic carbocycles. The lowest BCUT2D eigenvalue weighted by Gasteiger charge is -2.13. The first kappa shape index (κ1) is 8.90. The van der Waals surface area contributed by atoms with Crippen LogP contribution in [0.5, 0.6) is 0 Å². The molecule has 64 valence electrons. The average molecular weight is 165 g/mol. The minimum atomic E-state index is -1.12. The van der Waals surface area contributed by atoms with Crippen LogP contribution in [0.25, 0.3) is 0 Å². The van der Waals surface area contributed by atoms with Gasteiger partial charge in [-0.25, -0.2) is 0 Å². The Morgan fingerprint density at radius 1 is 1.33 bits per heavy atom. The van der Waals surface area contributed by atoms with E-state index in [1.54, 1.807) is 12.1 Å². The van der Waals surface area contributed by atoms with Gasteiger partial charge in [-0.15, -0.1) is 0 Å². The third kappa shape index (κ3) is 1.90. The number of aldehydes is 1. The monoisotopic (exact) mass is 165 g/mol. The molecular weight excluding hydrogens is 154 g/mol. The molecule has 0 aliphatic carbocycles. The molecule has 0 bridgehead atoms. The third-order valence-electron chi connectivity index (χ3n) is 1.69. The Kier molecular flexibility index (Phi) is 2.96. The summed E-state index contributed by atoms with van der Waals surface area (Å²) < 4.78 is 0. The molecule has 12 heavy (non-hydrogen) atoms. The summed E-state index contributed by atoms with van der Waals surface area (Å²) in [7, 11) is 0. The van der Waals surface area contributed by atoms with E-state index < -0.39 is 12.1 Å². The van der Waals surface area contributed by atoms with Gasteiger partial charge in [-0.2, -0.15) is 0 Å². The van der Waals surface area contributed by atoms with Gasteiger partial charge in [0.2, 0.25) is 0 Å². The summed E-state index contributed by atoms with van der Waals surface area (Å²) in [6.45, 7) is 0. The predicted octanol–water partition coefficient (Wildman–Crippen LogP) is 0.246. The first-order valence-electron chi connectivity index (χ1n) is 3.69. The van der Waals surface area contributed by atoms with Gasteiger partial charge in [0.25, 0.3) is 0 Å². The summed E-state index contributed by atoms with van der Waals surface area (Å²) in [5.74, 6) is 0. The van der Waals surface area contributed by atoms with E-state index in [0.29, 0.717) is 6.29 Å². The Balaban J connectivity index is 2.78.